The van der Waals surface area contributed by atoms with E-state index in [2.05, 4.69) is 141 Å². The Balaban J connectivity index is 4.25. The Morgan fingerprint density at radius 2 is 0.824 bits per heavy atom. The molecule has 0 fully saturated rings. The summed E-state index contributed by atoms with van der Waals surface area (Å²) in [5.74, 6) is -0.204. The van der Waals surface area contributed by atoms with Gasteiger partial charge in [-0.25, -0.2) is 4.57 Å². The van der Waals surface area contributed by atoms with Crippen molar-refractivity contribution in [2.45, 2.75) is 231 Å². The third-order valence-corrected chi connectivity index (χ3v) is 13.3. The van der Waals surface area contributed by atoms with Gasteiger partial charge in [-0.15, -0.1) is 0 Å². The van der Waals surface area contributed by atoms with E-state index in [9.17, 15) is 19.4 Å². The number of aliphatic hydroxyl groups excluding tert-OH is 1. The highest BCUT2D eigenvalue weighted by Gasteiger charge is 2.27. The molecule has 0 heterocycles. The first kappa shape index (κ1) is 70.6. The van der Waals surface area contributed by atoms with Gasteiger partial charge in [-0.1, -0.05) is 244 Å². The van der Waals surface area contributed by atoms with Crippen molar-refractivity contribution in [1.82, 2.24) is 5.32 Å². The maximum absolute atomic E-state index is 13.0. The smallest absolute Gasteiger partial charge is 0.387 e. The number of allylic oxidation sites excluding steroid dienone is 21. The molecule has 3 unspecified atom stereocenters. The van der Waals surface area contributed by atoms with E-state index in [0.717, 1.165) is 109 Å². The maximum atomic E-state index is 13.0. The lowest BCUT2D eigenvalue weighted by atomic mass is 10.1. The summed E-state index contributed by atoms with van der Waals surface area (Å²) in [6.07, 6.45) is 82.7. The van der Waals surface area contributed by atoms with Gasteiger partial charge in [0.1, 0.15) is 13.2 Å². The second-order valence-corrected chi connectivity index (χ2v) is 22.1. The van der Waals surface area contributed by atoms with Crippen LogP contribution in [0, 0.1) is 0 Å². The fourth-order valence-corrected chi connectivity index (χ4v) is 8.49. The molecule has 3 N–H and O–H groups in total. The van der Waals surface area contributed by atoms with E-state index in [0.29, 0.717) is 17.4 Å². The highest BCUT2D eigenvalue weighted by molar-refractivity contribution is 7.47. The molecular weight excluding hydrogens is 936 g/mol. The molecule has 0 saturated heterocycles. The average molecular weight is 1050 g/mol. The number of nitrogens with one attached hydrogen (secondary N) is 1. The van der Waals surface area contributed by atoms with E-state index in [1.54, 1.807) is 6.08 Å². The van der Waals surface area contributed by atoms with Crippen molar-refractivity contribution < 1.29 is 32.9 Å². The van der Waals surface area contributed by atoms with E-state index < -0.39 is 20.0 Å². The molecule has 0 radical (unpaired) electrons. The van der Waals surface area contributed by atoms with Gasteiger partial charge in [-0.05, 0) is 103 Å². The Labute approximate surface area is 456 Å². The normalized spacial score (nSPS) is 14.9. The van der Waals surface area contributed by atoms with Crippen LogP contribution < -0.4 is 5.32 Å². The average Bonchev–Trinajstić information content (AvgIpc) is 3.36. The van der Waals surface area contributed by atoms with Crippen LogP contribution in [0.1, 0.15) is 219 Å². The molecule has 0 aliphatic rings. The van der Waals surface area contributed by atoms with Crippen LogP contribution >= 0.6 is 7.82 Å². The zero-order valence-corrected chi connectivity index (χ0v) is 48.9. The van der Waals surface area contributed by atoms with Gasteiger partial charge in [0.15, 0.2) is 0 Å². The minimum absolute atomic E-state index is 0.0468. The summed E-state index contributed by atoms with van der Waals surface area (Å²) in [5.41, 5.74) is 0. The van der Waals surface area contributed by atoms with Gasteiger partial charge in [0.05, 0.1) is 39.9 Å². The van der Waals surface area contributed by atoms with E-state index in [4.69, 9.17) is 9.05 Å². The minimum atomic E-state index is -4.37. The Hall–Kier alpha value is -3.36. The molecule has 0 saturated carbocycles. The standard InChI is InChI=1S/C65H111N2O6P/c1-6-8-10-12-14-16-18-20-22-24-25-26-27-28-29-30-31-32-33-34-35-36-37-38-39-40-41-43-45-47-49-51-53-55-57-59-65(69)66-63(62-73-74(70,71)72-61-60-67(3,4)5)64(68)58-56-54-52-50-48-46-44-42-23-21-19-17-15-13-11-9-7-2/h8,10,14,16,20,22,25-26,28-29,31-32,34-35,37-38,40-41,48,50,56,58,63-64,68H,6-7,9,11-13,15,17-19,21,23-24,27,30,33,36,39,42-47,49,51-55,57,59-62H2,1-5H3,(H-,66,69,70,71)/p+1/b10-8-,16-14-,22-20-,26-25-,29-28-,32-31-,35-34-,38-37-,41-40-,50-48+,58-56+. The van der Waals surface area contributed by atoms with Crippen LogP contribution in [-0.2, 0) is 18.4 Å². The van der Waals surface area contributed by atoms with Crippen LogP contribution in [-0.4, -0.2) is 73.4 Å². The van der Waals surface area contributed by atoms with Gasteiger partial charge in [0.25, 0.3) is 0 Å². The Morgan fingerprint density at radius 1 is 0.473 bits per heavy atom. The number of amides is 1. The fraction of sp³-hybridized carbons (Fsp3) is 0.646. The maximum Gasteiger partial charge on any atom is 0.472 e. The quantitative estimate of drug-likeness (QED) is 0.0243. The molecule has 3 atom stereocenters. The summed E-state index contributed by atoms with van der Waals surface area (Å²) < 4.78 is 23.7. The number of quaternary nitrogens is 1. The number of hydrogen-bond acceptors (Lipinski definition) is 5. The summed E-state index contributed by atoms with van der Waals surface area (Å²) in [6, 6.07) is -0.879. The number of nitrogens with zero attached hydrogens (tertiary/aromatic N) is 1. The number of carbonyl (C=O) groups excluding carboxylic acids is 1. The molecule has 74 heavy (non-hydrogen) atoms. The fourth-order valence-electron chi connectivity index (χ4n) is 7.76. The monoisotopic (exact) mass is 1050 g/mol. The van der Waals surface area contributed by atoms with Crippen LogP contribution in [0.15, 0.2) is 134 Å². The van der Waals surface area contributed by atoms with Gasteiger partial charge in [-0.2, -0.15) is 0 Å². The van der Waals surface area contributed by atoms with E-state index in [1.165, 1.54) is 89.9 Å². The van der Waals surface area contributed by atoms with Crippen LogP contribution in [0.3, 0.4) is 0 Å². The van der Waals surface area contributed by atoms with Crippen LogP contribution in [0.25, 0.3) is 0 Å². The predicted molar refractivity (Wildman–Crippen MR) is 322 cm³/mol. The molecule has 0 aliphatic carbocycles. The first-order valence-corrected chi connectivity index (χ1v) is 31.1. The van der Waals surface area contributed by atoms with E-state index >= 15 is 0 Å². The summed E-state index contributed by atoms with van der Waals surface area (Å²) in [6.45, 7) is 4.66. The Kier molecular flexibility index (Phi) is 52.0. The zero-order chi connectivity index (χ0) is 54.2. The van der Waals surface area contributed by atoms with Crippen molar-refractivity contribution in [2.75, 3.05) is 40.9 Å². The molecule has 0 aromatic heterocycles. The molecule has 0 bridgehead atoms. The van der Waals surface area contributed by atoms with Crippen LogP contribution in [0.2, 0.25) is 0 Å². The summed E-state index contributed by atoms with van der Waals surface area (Å²) >= 11 is 0. The molecule has 9 heteroatoms. The minimum Gasteiger partial charge on any atom is -0.387 e. The lowest BCUT2D eigenvalue weighted by Gasteiger charge is -2.25. The third-order valence-electron chi connectivity index (χ3n) is 12.4. The summed E-state index contributed by atoms with van der Waals surface area (Å²) in [4.78, 5) is 23.3. The second-order valence-electron chi connectivity index (χ2n) is 20.6. The Bertz CT molecular complexity index is 1660. The van der Waals surface area contributed by atoms with Crippen molar-refractivity contribution in [3.8, 4) is 0 Å². The summed E-state index contributed by atoms with van der Waals surface area (Å²) in [5, 5.41) is 13.9. The number of unbranched alkanes of at least 4 members (excludes halogenated alkanes) is 19. The number of carbonyl (C=O) groups is 1. The highest BCUT2D eigenvalue weighted by Crippen LogP contribution is 2.43. The van der Waals surface area contributed by atoms with Gasteiger partial charge in [-0.3, -0.25) is 13.8 Å². The lowest BCUT2D eigenvalue weighted by Crippen LogP contribution is -2.45. The molecule has 0 rings (SSSR count). The topological polar surface area (TPSA) is 105 Å². The zero-order valence-electron chi connectivity index (χ0n) is 48.0. The highest BCUT2D eigenvalue weighted by atomic mass is 31.2. The van der Waals surface area contributed by atoms with Crippen molar-refractivity contribution in [3.63, 3.8) is 0 Å². The molecule has 0 aromatic rings. The molecule has 0 aliphatic heterocycles. The Morgan fingerprint density at radius 3 is 1.24 bits per heavy atom. The molecule has 1 amide bonds. The largest absolute Gasteiger partial charge is 0.472 e. The van der Waals surface area contributed by atoms with Gasteiger partial charge in [0.2, 0.25) is 5.91 Å². The van der Waals surface area contributed by atoms with Gasteiger partial charge < -0.3 is 19.8 Å². The molecule has 0 aromatic carbocycles. The first-order chi connectivity index (χ1) is 36.0. The number of rotatable bonds is 52. The number of phosphoric ester groups is 1. The lowest BCUT2D eigenvalue weighted by molar-refractivity contribution is -0.870. The third kappa shape index (κ3) is 56.4. The molecule has 422 valence electrons. The molecule has 8 nitrogen and oxygen atoms in total. The van der Waals surface area contributed by atoms with Crippen molar-refractivity contribution in [2.24, 2.45) is 0 Å². The predicted octanol–water partition coefficient (Wildman–Crippen LogP) is 18.3. The van der Waals surface area contributed by atoms with E-state index in [-0.39, 0.29) is 19.1 Å². The van der Waals surface area contributed by atoms with Crippen molar-refractivity contribution in [1.29, 1.82) is 0 Å². The summed E-state index contributed by atoms with van der Waals surface area (Å²) in [7, 11) is 1.53. The first-order valence-electron chi connectivity index (χ1n) is 29.6. The molecule has 0 spiro atoms. The molecular formula is C65H112N2O6P+. The second kappa shape index (κ2) is 54.4. The van der Waals surface area contributed by atoms with Crippen molar-refractivity contribution in [3.05, 3.63) is 134 Å². The van der Waals surface area contributed by atoms with E-state index in [1.807, 2.05) is 27.2 Å². The number of likely N-dealkylation sites (N-methyl/N-ethyl adjacent to an activating group) is 1. The SMILES string of the molecule is CC/C=C\C/C=C\C/C=C\C/C=C\C/C=C\C/C=C\C/C=C\C/C=C\C/C=C\CCCCCCCCCC(=O)NC(COP(=O)(O)OCC[N+](C)(C)C)C(O)/C=C/CC/C=C/CCCCCCCCCCCCC. The van der Waals surface area contributed by atoms with Crippen LogP contribution in [0.4, 0.5) is 0 Å². The number of hydrogen-bond donors (Lipinski definition) is 3. The van der Waals surface area contributed by atoms with Crippen LogP contribution in [0.5, 0.6) is 0 Å². The van der Waals surface area contributed by atoms with Gasteiger partial charge >= 0.3 is 7.82 Å². The van der Waals surface area contributed by atoms with Crippen molar-refractivity contribution >= 4 is 13.7 Å². The van der Waals surface area contributed by atoms with Gasteiger partial charge in [0, 0.05) is 6.42 Å². The number of aliphatic hydroxyl groups is 1. The number of phosphoric acid groups is 1.